The van der Waals surface area contributed by atoms with Crippen LogP contribution >= 0.6 is 7.82 Å². The number of nitrogens with zero attached hydrogens (tertiary/aromatic N) is 1. The summed E-state index contributed by atoms with van der Waals surface area (Å²) in [5.74, 6) is -0.236. The van der Waals surface area contributed by atoms with Crippen LogP contribution < -0.4 is 5.32 Å². The minimum absolute atomic E-state index is 0.0442. The molecule has 81 heavy (non-hydrogen) atoms. The molecule has 0 heterocycles. The Morgan fingerprint density at radius 2 is 0.741 bits per heavy atom. The molecule has 0 aromatic heterocycles. The van der Waals surface area contributed by atoms with Gasteiger partial charge in [0.05, 0.1) is 39.9 Å². The van der Waals surface area contributed by atoms with E-state index in [1.165, 1.54) is 167 Å². The van der Waals surface area contributed by atoms with Crippen molar-refractivity contribution in [3.05, 3.63) is 122 Å². The lowest BCUT2D eigenvalue weighted by molar-refractivity contribution is -0.870. The van der Waals surface area contributed by atoms with Crippen molar-refractivity contribution < 1.29 is 32.9 Å². The Morgan fingerprint density at radius 1 is 0.432 bits per heavy atom. The molecule has 0 aromatic carbocycles. The molecule has 3 atom stereocenters. The smallest absolute Gasteiger partial charge is 0.387 e. The van der Waals surface area contributed by atoms with Gasteiger partial charge in [-0.05, 0) is 83.5 Å². The molecule has 3 unspecified atom stereocenters. The van der Waals surface area contributed by atoms with Gasteiger partial charge in [0.1, 0.15) is 13.2 Å². The quantitative estimate of drug-likeness (QED) is 0.0243. The Morgan fingerprint density at radius 3 is 1.07 bits per heavy atom. The second kappa shape index (κ2) is 61.5. The van der Waals surface area contributed by atoms with Crippen molar-refractivity contribution in [2.45, 2.75) is 289 Å². The molecular weight excluding hydrogens is 1020 g/mol. The Balaban J connectivity index is 4.25. The molecule has 0 aliphatic heterocycles. The number of aliphatic hydroxyl groups excluding tert-OH is 1. The largest absolute Gasteiger partial charge is 0.472 e. The highest BCUT2D eigenvalue weighted by molar-refractivity contribution is 7.47. The normalized spacial score (nSPS) is 14.5. The van der Waals surface area contributed by atoms with E-state index in [4.69, 9.17) is 9.05 Å². The first-order valence-corrected chi connectivity index (χ1v) is 34.9. The number of carbonyl (C=O) groups is 1. The SMILES string of the molecule is CC/C=C\C/C=C\C/C=C\C/C=C\C/C=C\C/C=C\C/C=C\C/C=C\C/C=C\CCCC(=O)NC(COP(=O)(O)OCC[N+](C)(C)C)C(O)/C=C/CCCCCCCCCCCCCCCCCCCCCCCCCCCCCC. The van der Waals surface area contributed by atoms with Crippen LogP contribution in [0.4, 0.5) is 0 Å². The summed E-state index contributed by atoms with van der Waals surface area (Å²) in [6, 6.07) is -0.889. The number of phosphoric ester groups is 1. The van der Waals surface area contributed by atoms with Crippen LogP contribution in [0.15, 0.2) is 122 Å². The molecular formula is C72H128N2O6P+. The van der Waals surface area contributed by atoms with E-state index in [2.05, 4.69) is 129 Å². The van der Waals surface area contributed by atoms with Crippen molar-refractivity contribution in [2.24, 2.45) is 0 Å². The second-order valence-corrected chi connectivity index (χ2v) is 24.9. The zero-order valence-corrected chi connectivity index (χ0v) is 54.1. The van der Waals surface area contributed by atoms with Gasteiger partial charge in [-0.3, -0.25) is 13.8 Å². The molecule has 0 saturated heterocycles. The molecule has 0 aromatic rings. The summed E-state index contributed by atoms with van der Waals surface area (Å²) in [5.41, 5.74) is 0. The monoisotopic (exact) mass is 1150 g/mol. The van der Waals surface area contributed by atoms with E-state index in [0.29, 0.717) is 17.4 Å². The predicted molar refractivity (Wildman–Crippen MR) is 355 cm³/mol. The topological polar surface area (TPSA) is 105 Å². The minimum atomic E-state index is -4.38. The van der Waals surface area contributed by atoms with Gasteiger partial charge in [0.2, 0.25) is 5.91 Å². The van der Waals surface area contributed by atoms with Crippen molar-refractivity contribution in [2.75, 3.05) is 40.9 Å². The third-order valence-corrected chi connectivity index (χ3v) is 15.4. The fourth-order valence-corrected chi connectivity index (χ4v) is 10.0. The third kappa shape index (κ3) is 64.3. The molecule has 0 rings (SSSR count). The van der Waals surface area contributed by atoms with Crippen molar-refractivity contribution in [3.63, 3.8) is 0 Å². The van der Waals surface area contributed by atoms with Crippen LogP contribution in [0.25, 0.3) is 0 Å². The number of likely N-dealkylation sites (N-methyl/N-ethyl adjacent to an activating group) is 1. The lowest BCUT2D eigenvalue weighted by Crippen LogP contribution is -2.45. The Kier molecular flexibility index (Phi) is 59.1. The Labute approximate surface area is 501 Å². The van der Waals surface area contributed by atoms with E-state index in [9.17, 15) is 19.4 Å². The highest BCUT2D eigenvalue weighted by Gasteiger charge is 2.27. The maximum Gasteiger partial charge on any atom is 0.472 e. The number of rotatable bonds is 60. The van der Waals surface area contributed by atoms with Gasteiger partial charge < -0.3 is 19.8 Å². The first-order valence-electron chi connectivity index (χ1n) is 33.4. The number of hydrogen-bond acceptors (Lipinski definition) is 5. The van der Waals surface area contributed by atoms with Gasteiger partial charge in [-0.1, -0.05) is 309 Å². The van der Waals surface area contributed by atoms with Crippen LogP contribution in [-0.4, -0.2) is 73.4 Å². The van der Waals surface area contributed by atoms with Gasteiger partial charge in [0, 0.05) is 6.42 Å². The molecule has 0 aliphatic rings. The van der Waals surface area contributed by atoms with Gasteiger partial charge in [0.15, 0.2) is 0 Å². The average Bonchev–Trinajstić information content (AvgIpc) is 3.43. The maximum absolute atomic E-state index is 13.0. The molecule has 0 fully saturated rings. The number of aliphatic hydroxyl groups is 1. The van der Waals surface area contributed by atoms with Crippen molar-refractivity contribution in [3.8, 4) is 0 Å². The van der Waals surface area contributed by atoms with Gasteiger partial charge >= 0.3 is 7.82 Å². The van der Waals surface area contributed by atoms with Crippen LogP contribution in [0, 0.1) is 0 Å². The fraction of sp³-hybridized carbons (Fsp3) is 0.708. The summed E-state index contributed by atoms with van der Waals surface area (Å²) in [6.07, 6.45) is 92.0. The van der Waals surface area contributed by atoms with Crippen LogP contribution in [0.3, 0.4) is 0 Å². The summed E-state index contributed by atoms with van der Waals surface area (Å²) >= 11 is 0. The number of amides is 1. The number of quaternary nitrogens is 1. The van der Waals surface area contributed by atoms with Crippen LogP contribution in [0.5, 0.6) is 0 Å². The van der Waals surface area contributed by atoms with Crippen molar-refractivity contribution >= 4 is 13.7 Å². The molecule has 0 aliphatic carbocycles. The van der Waals surface area contributed by atoms with Crippen LogP contribution in [0.2, 0.25) is 0 Å². The van der Waals surface area contributed by atoms with Gasteiger partial charge in [0.25, 0.3) is 0 Å². The number of carbonyl (C=O) groups excluding carboxylic acids is 1. The van der Waals surface area contributed by atoms with E-state index in [1.807, 2.05) is 27.2 Å². The molecule has 1 amide bonds. The van der Waals surface area contributed by atoms with E-state index < -0.39 is 20.0 Å². The minimum Gasteiger partial charge on any atom is -0.387 e. The summed E-state index contributed by atoms with van der Waals surface area (Å²) in [6.45, 7) is 4.67. The second-order valence-electron chi connectivity index (χ2n) is 23.5. The summed E-state index contributed by atoms with van der Waals surface area (Å²) in [4.78, 5) is 23.4. The number of unbranched alkanes of at least 4 members (excludes halogenated alkanes) is 29. The fourth-order valence-electron chi connectivity index (χ4n) is 9.28. The van der Waals surface area contributed by atoms with E-state index in [1.54, 1.807) is 6.08 Å². The van der Waals surface area contributed by atoms with E-state index >= 15 is 0 Å². The van der Waals surface area contributed by atoms with Gasteiger partial charge in [-0.2, -0.15) is 0 Å². The van der Waals surface area contributed by atoms with Crippen LogP contribution in [0.1, 0.15) is 277 Å². The van der Waals surface area contributed by atoms with Crippen molar-refractivity contribution in [1.82, 2.24) is 5.32 Å². The molecule has 9 heteroatoms. The number of phosphoric acid groups is 1. The molecule has 8 nitrogen and oxygen atoms in total. The average molecular weight is 1150 g/mol. The predicted octanol–water partition coefficient (Wildman–Crippen LogP) is 21.3. The Bertz CT molecular complexity index is 1730. The summed E-state index contributed by atoms with van der Waals surface area (Å²) in [5, 5.41) is 13.9. The number of allylic oxidation sites excluding steroid dienone is 19. The van der Waals surface area contributed by atoms with E-state index in [-0.39, 0.29) is 25.5 Å². The number of nitrogens with one attached hydrogen (secondary N) is 1. The molecule has 0 saturated carbocycles. The van der Waals surface area contributed by atoms with E-state index in [0.717, 1.165) is 83.5 Å². The molecule has 0 spiro atoms. The zero-order chi connectivity index (χ0) is 59.1. The van der Waals surface area contributed by atoms with Crippen LogP contribution in [-0.2, 0) is 18.4 Å². The first kappa shape index (κ1) is 77.9. The first-order chi connectivity index (χ1) is 39.5. The third-order valence-electron chi connectivity index (χ3n) is 14.4. The number of hydrogen-bond donors (Lipinski definition) is 3. The molecule has 3 N–H and O–H groups in total. The van der Waals surface area contributed by atoms with Crippen molar-refractivity contribution in [1.29, 1.82) is 0 Å². The highest BCUT2D eigenvalue weighted by Crippen LogP contribution is 2.43. The molecule has 466 valence electrons. The Hall–Kier alpha value is -3.10. The zero-order valence-electron chi connectivity index (χ0n) is 53.2. The highest BCUT2D eigenvalue weighted by atomic mass is 31.2. The van der Waals surface area contributed by atoms with Gasteiger partial charge in [-0.15, -0.1) is 0 Å². The summed E-state index contributed by atoms with van der Waals surface area (Å²) < 4.78 is 23.8. The summed E-state index contributed by atoms with van der Waals surface area (Å²) in [7, 11) is 1.52. The standard InChI is InChI=1S/C72H127N2O6P/c1-6-8-10-12-14-16-18-20-22-24-26-28-30-32-34-36-38-39-41-43-45-47-49-51-53-55-57-59-61-63-65-71(75)70(69-80-81(77,78)79-68-67-74(3,4)5)73-72(76)66-64-62-60-58-56-54-52-50-48-46-44-42-40-37-35-33-31-29-27-25-23-21-19-17-15-13-11-9-7-2/h9,11,15,17,21,23,27,29,33,35,40,42,46,48,52,54,58,60,63,65,70-71,75H,6-8,10,12-14,16,18-20,22,24-26,28,30-32,34,36-39,41,43-45,47,49-51,53,55-57,59,61-62,64,66-69H2,1-5H3,(H-,73,76,77,78)/p+1/b11-9-,17-15-,23-21-,29-27-,35-33-,42-40-,48-46-,54-52-,60-58-,65-63+. The molecule has 0 bridgehead atoms. The lowest BCUT2D eigenvalue weighted by Gasteiger charge is -2.25. The molecule has 0 radical (unpaired) electrons. The maximum atomic E-state index is 13.0. The lowest BCUT2D eigenvalue weighted by atomic mass is 10.0. The van der Waals surface area contributed by atoms with Gasteiger partial charge in [-0.25, -0.2) is 4.57 Å².